The highest BCUT2D eigenvalue weighted by Gasteiger charge is 2.15. The third-order valence-corrected chi connectivity index (χ3v) is 2.78. The summed E-state index contributed by atoms with van der Waals surface area (Å²) in [4.78, 5) is 11.9. The number of phenolic OH excluding ortho intramolecular Hbond substituents is 1. The van der Waals surface area contributed by atoms with Crippen molar-refractivity contribution in [3.05, 3.63) is 23.8 Å². The summed E-state index contributed by atoms with van der Waals surface area (Å²) in [6.45, 7) is 4.10. The second-order valence-corrected chi connectivity index (χ2v) is 4.11. The Balaban J connectivity index is 2.79. The summed E-state index contributed by atoms with van der Waals surface area (Å²) in [7, 11) is 0. The van der Waals surface area contributed by atoms with E-state index in [4.69, 9.17) is 5.73 Å². The van der Waals surface area contributed by atoms with Crippen LogP contribution in [0.15, 0.2) is 18.2 Å². The molecule has 1 amide bonds. The number of nitrogen functional groups attached to an aromatic ring is 1. The summed E-state index contributed by atoms with van der Waals surface area (Å²) in [6.07, 6.45) is 2.83. The Labute approximate surface area is 102 Å². The Morgan fingerprint density at radius 2 is 2.18 bits per heavy atom. The summed E-state index contributed by atoms with van der Waals surface area (Å²) < 4.78 is 0. The van der Waals surface area contributed by atoms with Crippen molar-refractivity contribution in [3.63, 3.8) is 0 Å². The van der Waals surface area contributed by atoms with Gasteiger partial charge in [0.1, 0.15) is 0 Å². The molecule has 1 unspecified atom stereocenters. The summed E-state index contributed by atoms with van der Waals surface area (Å²) in [5.74, 6) is -0.411. The average Bonchev–Trinajstić information content (AvgIpc) is 2.31. The lowest BCUT2D eigenvalue weighted by molar-refractivity contribution is 0.0931. The van der Waals surface area contributed by atoms with E-state index in [2.05, 4.69) is 12.2 Å². The summed E-state index contributed by atoms with van der Waals surface area (Å²) in [5.41, 5.74) is 6.01. The van der Waals surface area contributed by atoms with E-state index >= 15 is 0 Å². The van der Waals surface area contributed by atoms with Crippen LogP contribution in [0.25, 0.3) is 0 Å². The van der Waals surface area contributed by atoms with E-state index < -0.39 is 0 Å². The number of rotatable bonds is 5. The first kappa shape index (κ1) is 13.4. The largest absolute Gasteiger partial charge is 0.505 e. The number of nitrogens with two attached hydrogens (primary N) is 1. The van der Waals surface area contributed by atoms with Crippen molar-refractivity contribution < 1.29 is 9.90 Å². The molecule has 0 saturated heterocycles. The molecule has 0 aromatic heterocycles. The van der Waals surface area contributed by atoms with E-state index in [1.807, 2.05) is 6.92 Å². The van der Waals surface area contributed by atoms with Crippen LogP contribution in [-0.4, -0.2) is 17.1 Å². The zero-order valence-corrected chi connectivity index (χ0v) is 10.4. The van der Waals surface area contributed by atoms with Gasteiger partial charge in [-0.1, -0.05) is 26.3 Å². The van der Waals surface area contributed by atoms with Crippen LogP contribution in [0.2, 0.25) is 0 Å². The van der Waals surface area contributed by atoms with Gasteiger partial charge in [-0.2, -0.15) is 0 Å². The topological polar surface area (TPSA) is 75.4 Å². The number of hydrogen-bond donors (Lipinski definition) is 3. The smallest absolute Gasteiger partial charge is 0.255 e. The maximum absolute atomic E-state index is 11.9. The van der Waals surface area contributed by atoms with Crippen LogP contribution in [0, 0.1) is 0 Å². The molecule has 0 spiro atoms. The number of para-hydroxylation sites is 1. The van der Waals surface area contributed by atoms with Crippen LogP contribution in [0.1, 0.15) is 43.5 Å². The Morgan fingerprint density at radius 3 is 2.76 bits per heavy atom. The fourth-order valence-corrected chi connectivity index (χ4v) is 1.73. The first-order chi connectivity index (χ1) is 8.10. The van der Waals surface area contributed by atoms with Crippen LogP contribution in [0.5, 0.6) is 5.75 Å². The quantitative estimate of drug-likeness (QED) is 0.542. The Morgan fingerprint density at radius 1 is 1.47 bits per heavy atom. The lowest BCUT2D eigenvalue weighted by atomic mass is 10.1. The fraction of sp³-hybridized carbons (Fsp3) is 0.462. The molecule has 0 aliphatic carbocycles. The highest BCUT2D eigenvalue weighted by atomic mass is 16.3. The van der Waals surface area contributed by atoms with Gasteiger partial charge < -0.3 is 16.2 Å². The van der Waals surface area contributed by atoms with Crippen LogP contribution in [-0.2, 0) is 0 Å². The second kappa shape index (κ2) is 6.13. The minimum Gasteiger partial charge on any atom is -0.505 e. The van der Waals surface area contributed by atoms with E-state index in [1.165, 1.54) is 0 Å². The van der Waals surface area contributed by atoms with E-state index in [1.54, 1.807) is 18.2 Å². The second-order valence-electron chi connectivity index (χ2n) is 4.11. The molecular formula is C13H20N2O2. The molecule has 1 atom stereocenters. The van der Waals surface area contributed by atoms with E-state index in [-0.39, 0.29) is 28.9 Å². The van der Waals surface area contributed by atoms with E-state index in [0.29, 0.717) is 0 Å². The maximum atomic E-state index is 11.9. The zero-order valence-electron chi connectivity index (χ0n) is 10.4. The Bertz CT molecular complexity index is 391. The number of hydrogen-bond acceptors (Lipinski definition) is 3. The van der Waals surface area contributed by atoms with Crippen molar-refractivity contribution in [1.82, 2.24) is 5.32 Å². The van der Waals surface area contributed by atoms with Crippen molar-refractivity contribution in [1.29, 1.82) is 0 Å². The van der Waals surface area contributed by atoms with Gasteiger partial charge in [0.25, 0.3) is 5.91 Å². The van der Waals surface area contributed by atoms with Crippen molar-refractivity contribution in [3.8, 4) is 5.75 Å². The number of carbonyl (C=O) groups excluding carboxylic acids is 1. The van der Waals surface area contributed by atoms with Gasteiger partial charge in [-0.25, -0.2) is 0 Å². The van der Waals surface area contributed by atoms with Gasteiger partial charge in [-0.15, -0.1) is 0 Å². The molecule has 1 aromatic rings. The van der Waals surface area contributed by atoms with Gasteiger partial charge in [-0.05, 0) is 25.0 Å². The van der Waals surface area contributed by atoms with Gasteiger partial charge in [0.15, 0.2) is 5.75 Å². The van der Waals surface area contributed by atoms with E-state index in [9.17, 15) is 9.90 Å². The molecule has 0 aliphatic heterocycles. The summed E-state index contributed by atoms with van der Waals surface area (Å²) in [5, 5.41) is 12.6. The molecule has 0 saturated carbocycles. The average molecular weight is 236 g/mol. The molecule has 0 bridgehead atoms. The molecule has 0 heterocycles. The SMILES string of the molecule is CCCC(CC)NC(=O)c1cccc(N)c1O. The zero-order chi connectivity index (χ0) is 12.8. The maximum Gasteiger partial charge on any atom is 0.255 e. The fourth-order valence-electron chi connectivity index (χ4n) is 1.73. The molecule has 0 fully saturated rings. The minimum atomic E-state index is -0.268. The first-order valence-corrected chi connectivity index (χ1v) is 5.98. The molecule has 17 heavy (non-hydrogen) atoms. The summed E-state index contributed by atoms with van der Waals surface area (Å²) in [6, 6.07) is 4.94. The third kappa shape index (κ3) is 3.37. The molecule has 0 radical (unpaired) electrons. The van der Waals surface area contributed by atoms with E-state index in [0.717, 1.165) is 19.3 Å². The van der Waals surface area contributed by atoms with Crippen molar-refractivity contribution >= 4 is 11.6 Å². The van der Waals surface area contributed by atoms with Crippen LogP contribution in [0.3, 0.4) is 0 Å². The standard InChI is InChI=1S/C13H20N2O2/c1-3-6-9(4-2)15-13(17)10-7-5-8-11(14)12(10)16/h5,7-9,16H,3-4,6,14H2,1-2H3,(H,15,17). The highest BCUT2D eigenvalue weighted by molar-refractivity contribution is 5.98. The van der Waals surface area contributed by atoms with Crippen molar-refractivity contribution in [2.24, 2.45) is 0 Å². The van der Waals surface area contributed by atoms with Crippen molar-refractivity contribution in [2.75, 3.05) is 5.73 Å². The molecular weight excluding hydrogens is 216 g/mol. The number of anilines is 1. The van der Waals surface area contributed by atoms with Gasteiger partial charge in [-0.3, -0.25) is 4.79 Å². The minimum absolute atomic E-state index is 0.142. The predicted molar refractivity (Wildman–Crippen MR) is 69.0 cm³/mol. The number of benzene rings is 1. The first-order valence-electron chi connectivity index (χ1n) is 5.98. The number of phenols is 1. The molecule has 4 nitrogen and oxygen atoms in total. The number of nitrogens with one attached hydrogen (secondary N) is 1. The van der Waals surface area contributed by atoms with Crippen LogP contribution in [0.4, 0.5) is 5.69 Å². The third-order valence-electron chi connectivity index (χ3n) is 2.78. The lowest BCUT2D eigenvalue weighted by Gasteiger charge is -2.16. The summed E-state index contributed by atoms with van der Waals surface area (Å²) >= 11 is 0. The number of amides is 1. The molecule has 1 rings (SSSR count). The van der Waals surface area contributed by atoms with Crippen LogP contribution < -0.4 is 11.1 Å². The molecule has 1 aromatic carbocycles. The van der Waals surface area contributed by atoms with Crippen LogP contribution >= 0.6 is 0 Å². The van der Waals surface area contributed by atoms with Gasteiger partial charge in [0.2, 0.25) is 0 Å². The number of aromatic hydroxyl groups is 1. The molecule has 0 aliphatic rings. The Hall–Kier alpha value is -1.71. The molecule has 4 heteroatoms. The monoisotopic (exact) mass is 236 g/mol. The number of carbonyl (C=O) groups is 1. The van der Waals surface area contributed by atoms with Crippen molar-refractivity contribution in [2.45, 2.75) is 39.2 Å². The van der Waals surface area contributed by atoms with Gasteiger partial charge >= 0.3 is 0 Å². The highest BCUT2D eigenvalue weighted by Crippen LogP contribution is 2.24. The predicted octanol–water partition coefficient (Wildman–Crippen LogP) is 2.28. The normalized spacial score (nSPS) is 12.1. The van der Waals surface area contributed by atoms with Gasteiger partial charge in [0.05, 0.1) is 11.3 Å². The molecule has 4 N–H and O–H groups in total. The van der Waals surface area contributed by atoms with Gasteiger partial charge in [0, 0.05) is 6.04 Å². The lowest BCUT2D eigenvalue weighted by Crippen LogP contribution is -2.34. The Kier molecular flexibility index (Phi) is 4.82. The molecule has 94 valence electrons.